The van der Waals surface area contributed by atoms with Crippen LogP contribution >= 0.6 is 22.9 Å². The van der Waals surface area contributed by atoms with Crippen molar-refractivity contribution in [1.82, 2.24) is 19.2 Å². The first-order chi connectivity index (χ1) is 13.2. The molecule has 0 unspecified atom stereocenters. The van der Waals surface area contributed by atoms with Crippen molar-refractivity contribution in [3.8, 4) is 5.75 Å². The van der Waals surface area contributed by atoms with E-state index in [1.165, 1.54) is 11.3 Å². The van der Waals surface area contributed by atoms with Gasteiger partial charge in [0.25, 0.3) is 5.56 Å². The third-order valence-electron chi connectivity index (χ3n) is 4.70. The van der Waals surface area contributed by atoms with Gasteiger partial charge >= 0.3 is 0 Å². The first-order valence-corrected chi connectivity index (χ1v) is 10.2. The van der Waals surface area contributed by atoms with E-state index in [1.54, 1.807) is 16.7 Å². The average molecular weight is 405 g/mol. The summed E-state index contributed by atoms with van der Waals surface area (Å²) in [6, 6.07) is 9.10. The normalized spacial score (nSPS) is 16.0. The Bertz CT molecular complexity index is 948. The summed E-state index contributed by atoms with van der Waals surface area (Å²) in [5, 5.41) is 2.60. The second kappa shape index (κ2) is 8.39. The summed E-state index contributed by atoms with van der Waals surface area (Å²) in [4.78, 5) is 22.2. The van der Waals surface area contributed by atoms with Gasteiger partial charge in [0, 0.05) is 61.9 Å². The first-order valence-electron chi connectivity index (χ1n) is 8.96. The van der Waals surface area contributed by atoms with Crippen LogP contribution in [-0.2, 0) is 6.54 Å². The summed E-state index contributed by atoms with van der Waals surface area (Å²) in [6.07, 6.45) is 1.77. The maximum Gasteiger partial charge on any atom is 0.258 e. The molecular weight excluding hydrogens is 384 g/mol. The zero-order valence-corrected chi connectivity index (χ0v) is 16.5. The van der Waals surface area contributed by atoms with E-state index in [1.807, 2.05) is 29.6 Å². The van der Waals surface area contributed by atoms with Gasteiger partial charge in [-0.1, -0.05) is 11.6 Å². The van der Waals surface area contributed by atoms with Gasteiger partial charge in [0.05, 0.1) is 5.69 Å². The Kier molecular flexibility index (Phi) is 5.73. The first kappa shape index (κ1) is 18.4. The van der Waals surface area contributed by atoms with E-state index in [9.17, 15) is 4.79 Å². The van der Waals surface area contributed by atoms with Crippen molar-refractivity contribution in [3.63, 3.8) is 0 Å². The van der Waals surface area contributed by atoms with Gasteiger partial charge < -0.3 is 4.74 Å². The van der Waals surface area contributed by atoms with Crippen molar-refractivity contribution in [2.24, 2.45) is 0 Å². The number of ether oxygens (including phenoxy) is 1. The molecule has 0 N–H and O–H groups in total. The second-order valence-corrected chi connectivity index (χ2v) is 7.87. The number of hydrogen-bond acceptors (Lipinski definition) is 6. The van der Waals surface area contributed by atoms with Gasteiger partial charge in [-0.2, -0.15) is 0 Å². The molecule has 1 fully saturated rings. The third kappa shape index (κ3) is 4.68. The number of fused-ring (bicyclic) bond motifs is 1. The Morgan fingerprint density at radius 3 is 2.63 bits per heavy atom. The van der Waals surface area contributed by atoms with E-state index < -0.39 is 0 Å². The summed E-state index contributed by atoms with van der Waals surface area (Å²) in [5.74, 6) is 0.847. The third-order valence-corrected chi connectivity index (χ3v) is 5.71. The summed E-state index contributed by atoms with van der Waals surface area (Å²) < 4.78 is 7.36. The van der Waals surface area contributed by atoms with Crippen LogP contribution in [0.4, 0.5) is 0 Å². The average Bonchev–Trinajstić information content (AvgIpc) is 3.14. The molecule has 1 aliphatic rings. The van der Waals surface area contributed by atoms with Gasteiger partial charge in [0.2, 0.25) is 0 Å². The number of aromatic nitrogens is 2. The number of rotatable bonds is 6. The molecule has 0 spiro atoms. The number of hydrogen-bond donors (Lipinski definition) is 0. The van der Waals surface area contributed by atoms with E-state index in [0.29, 0.717) is 11.6 Å². The van der Waals surface area contributed by atoms with Crippen LogP contribution in [0.1, 0.15) is 5.69 Å². The summed E-state index contributed by atoms with van der Waals surface area (Å²) in [5.41, 5.74) is 0.844. The molecule has 1 aliphatic heterocycles. The van der Waals surface area contributed by atoms with Crippen LogP contribution in [0, 0.1) is 0 Å². The van der Waals surface area contributed by atoms with E-state index >= 15 is 0 Å². The van der Waals surface area contributed by atoms with Crippen molar-refractivity contribution in [2.45, 2.75) is 6.54 Å². The van der Waals surface area contributed by atoms with E-state index in [2.05, 4.69) is 14.8 Å². The molecule has 3 aromatic rings. The molecule has 8 heteroatoms. The van der Waals surface area contributed by atoms with Crippen molar-refractivity contribution < 1.29 is 4.74 Å². The standard InChI is InChI=1S/C19H21ClN4O2S/c20-15-1-3-17(4-2-15)26-11-9-22-5-7-23(8-6-22)14-16-13-18(25)24-10-12-27-19(24)21-16/h1-4,10,12-13H,5-9,11,14H2. The summed E-state index contributed by atoms with van der Waals surface area (Å²) in [6.45, 7) is 6.19. The fraction of sp³-hybridized carbons (Fsp3) is 0.368. The molecule has 3 heterocycles. The Hall–Kier alpha value is -1.93. The molecule has 1 saturated heterocycles. The molecule has 0 aliphatic carbocycles. The van der Waals surface area contributed by atoms with E-state index in [-0.39, 0.29) is 5.56 Å². The van der Waals surface area contributed by atoms with Crippen molar-refractivity contribution in [3.05, 3.63) is 63.0 Å². The molecule has 1 aromatic carbocycles. The lowest BCUT2D eigenvalue weighted by molar-refractivity contribution is 0.111. The van der Waals surface area contributed by atoms with Gasteiger partial charge in [0.1, 0.15) is 12.4 Å². The quantitative estimate of drug-likeness (QED) is 0.632. The van der Waals surface area contributed by atoms with Gasteiger partial charge in [0.15, 0.2) is 4.96 Å². The monoisotopic (exact) mass is 404 g/mol. The number of halogens is 1. The zero-order chi connectivity index (χ0) is 18.6. The van der Waals surface area contributed by atoms with Crippen molar-refractivity contribution in [2.75, 3.05) is 39.3 Å². The van der Waals surface area contributed by atoms with Gasteiger partial charge in [-0.15, -0.1) is 11.3 Å². The second-order valence-electron chi connectivity index (χ2n) is 6.56. The largest absolute Gasteiger partial charge is 0.492 e. The number of benzene rings is 1. The van der Waals surface area contributed by atoms with Crippen molar-refractivity contribution >= 4 is 27.9 Å². The number of nitrogens with zero attached hydrogens (tertiary/aromatic N) is 4. The van der Waals surface area contributed by atoms with Crippen LogP contribution in [-0.4, -0.2) is 58.5 Å². The summed E-state index contributed by atoms with van der Waals surface area (Å²) in [7, 11) is 0. The predicted octanol–water partition coefficient (Wildman–Crippen LogP) is 2.61. The highest BCUT2D eigenvalue weighted by Crippen LogP contribution is 2.15. The molecule has 27 heavy (non-hydrogen) atoms. The summed E-state index contributed by atoms with van der Waals surface area (Å²) >= 11 is 7.37. The van der Waals surface area contributed by atoms with Crippen LogP contribution in [0.15, 0.2) is 46.7 Å². The van der Waals surface area contributed by atoms with E-state index in [0.717, 1.165) is 55.7 Å². The minimum Gasteiger partial charge on any atom is -0.492 e. The molecule has 0 atom stereocenters. The van der Waals surface area contributed by atoms with Crippen LogP contribution in [0.3, 0.4) is 0 Å². The van der Waals surface area contributed by atoms with Crippen LogP contribution in [0.2, 0.25) is 5.02 Å². The Balaban J connectivity index is 1.23. The Labute approximate surface area is 166 Å². The molecule has 0 radical (unpaired) electrons. The molecule has 6 nitrogen and oxygen atoms in total. The smallest absolute Gasteiger partial charge is 0.258 e. The number of piperazine rings is 1. The highest BCUT2D eigenvalue weighted by molar-refractivity contribution is 7.15. The molecular formula is C19H21ClN4O2S. The maximum absolute atomic E-state index is 12.1. The Morgan fingerprint density at radius 1 is 1.11 bits per heavy atom. The topological polar surface area (TPSA) is 50.1 Å². The lowest BCUT2D eigenvalue weighted by atomic mass is 10.3. The molecule has 2 aromatic heterocycles. The molecule has 0 amide bonds. The van der Waals surface area contributed by atoms with Crippen molar-refractivity contribution in [1.29, 1.82) is 0 Å². The number of thiazole rings is 1. The van der Waals surface area contributed by atoms with Crippen LogP contribution in [0.25, 0.3) is 4.96 Å². The molecule has 0 saturated carbocycles. The lowest BCUT2D eigenvalue weighted by Crippen LogP contribution is -2.47. The molecule has 0 bridgehead atoms. The minimum atomic E-state index is -0.00534. The zero-order valence-electron chi connectivity index (χ0n) is 14.9. The minimum absolute atomic E-state index is 0.00534. The van der Waals surface area contributed by atoms with E-state index in [4.69, 9.17) is 16.3 Å². The Morgan fingerprint density at radius 2 is 1.85 bits per heavy atom. The van der Waals surface area contributed by atoms with Crippen LogP contribution in [0.5, 0.6) is 5.75 Å². The van der Waals surface area contributed by atoms with Gasteiger partial charge in [-0.05, 0) is 24.3 Å². The lowest BCUT2D eigenvalue weighted by Gasteiger charge is -2.34. The fourth-order valence-corrected chi connectivity index (χ4v) is 4.06. The molecule has 142 valence electrons. The SMILES string of the molecule is O=c1cc(CN2CCN(CCOc3ccc(Cl)cc3)CC2)nc2sccn12. The highest BCUT2D eigenvalue weighted by atomic mass is 35.5. The van der Waals surface area contributed by atoms with Gasteiger partial charge in [-0.25, -0.2) is 4.98 Å². The highest BCUT2D eigenvalue weighted by Gasteiger charge is 2.18. The predicted molar refractivity (Wildman–Crippen MR) is 108 cm³/mol. The van der Waals surface area contributed by atoms with Crippen LogP contribution < -0.4 is 10.3 Å². The van der Waals surface area contributed by atoms with Gasteiger partial charge in [-0.3, -0.25) is 19.0 Å². The fourth-order valence-electron chi connectivity index (χ4n) is 3.19. The molecule has 4 rings (SSSR count). The maximum atomic E-state index is 12.1.